The number of halogens is 1. The first-order chi connectivity index (χ1) is 12.4. The van der Waals surface area contributed by atoms with Gasteiger partial charge in [0.05, 0.1) is 19.2 Å². The van der Waals surface area contributed by atoms with Crippen LogP contribution >= 0.6 is 11.6 Å². The number of carbonyl (C=O) groups excluding carboxylic acids is 2. The number of rotatable bonds is 5. The molecule has 0 aliphatic heterocycles. The Bertz CT molecular complexity index is 992. The predicted molar refractivity (Wildman–Crippen MR) is 101 cm³/mol. The van der Waals surface area contributed by atoms with Gasteiger partial charge < -0.3 is 9.72 Å². The number of fused-ring (bicyclic) bond motifs is 1. The van der Waals surface area contributed by atoms with Crippen molar-refractivity contribution in [3.63, 3.8) is 0 Å². The number of pyridine rings is 1. The van der Waals surface area contributed by atoms with E-state index >= 15 is 0 Å². The lowest BCUT2D eigenvalue weighted by atomic mass is 10.00. The van der Waals surface area contributed by atoms with Crippen LogP contribution in [0, 0.1) is 0 Å². The summed E-state index contributed by atoms with van der Waals surface area (Å²) in [6.45, 7) is 4.11. The average molecular weight is 371 g/mol. The largest absolute Gasteiger partial charge is 0.469 e. The van der Waals surface area contributed by atoms with Crippen LogP contribution in [0.15, 0.2) is 36.5 Å². The van der Waals surface area contributed by atoms with Crippen LogP contribution in [0.3, 0.4) is 0 Å². The summed E-state index contributed by atoms with van der Waals surface area (Å²) >= 11 is 6.06. The molecule has 0 saturated heterocycles. The lowest BCUT2D eigenvalue weighted by molar-refractivity contribution is -0.139. The number of carbonyl (C=O) groups is 2. The number of aromatic amines is 1. The van der Waals surface area contributed by atoms with Gasteiger partial charge >= 0.3 is 5.97 Å². The van der Waals surface area contributed by atoms with E-state index in [1.54, 1.807) is 30.5 Å². The molecule has 0 spiro atoms. The molecule has 0 atom stereocenters. The maximum atomic E-state index is 13.1. The molecule has 0 amide bonds. The zero-order valence-corrected chi connectivity index (χ0v) is 15.6. The number of nitrogens with one attached hydrogen (secondary N) is 1. The second-order valence-corrected chi connectivity index (χ2v) is 6.82. The fraction of sp³-hybridized carbons (Fsp3) is 0.250. The molecule has 0 fully saturated rings. The van der Waals surface area contributed by atoms with Crippen molar-refractivity contribution >= 4 is 34.3 Å². The second kappa shape index (κ2) is 7.30. The van der Waals surface area contributed by atoms with Gasteiger partial charge in [-0.05, 0) is 35.7 Å². The number of esters is 1. The number of hydrogen-bond donors (Lipinski definition) is 1. The minimum Gasteiger partial charge on any atom is -0.469 e. The van der Waals surface area contributed by atoms with E-state index in [0.29, 0.717) is 27.5 Å². The van der Waals surface area contributed by atoms with Crippen LogP contribution in [0.4, 0.5) is 0 Å². The summed E-state index contributed by atoms with van der Waals surface area (Å²) in [6, 6.07) is 8.92. The first kappa shape index (κ1) is 18.1. The molecule has 3 rings (SSSR count). The fourth-order valence-corrected chi connectivity index (χ4v) is 3.05. The number of benzene rings is 1. The molecule has 0 unspecified atom stereocenters. The Hall–Kier alpha value is -2.66. The molecular weight excluding hydrogens is 352 g/mol. The molecule has 5 nitrogen and oxygen atoms in total. The van der Waals surface area contributed by atoms with E-state index in [0.717, 1.165) is 10.9 Å². The lowest BCUT2D eigenvalue weighted by Crippen LogP contribution is -2.11. The van der Waals surface area contributed by atoms with Gasteiger partial charge in [0.25, 0.3) is 0 Å². The van der Waals surface area contributed by atoms with Crippen molar-refractivity contribution in [2.24, 2.45) is 0 Å². The topological polar surface area (TPSA) is 72.1 Å². The summed E-state index contributed by atoms with van der Waals surface area (Å²) in [4.78, 5) is 32.3. The average Bonchev–Trinajstić information content (AvgIpc) is 2.98. The van der Waals surface area contributed by atoms with Crippen LogP contribution in [0.5, 0.6) is 0 Å². The number of H-pyrrole nitrogens is 1. The molecular formula is C20H19ClN2O3. The van der Waals surface area contributed by atoms with Gasteiger partial charge in [-0.1, -0.05) is 31.5 Å². The van der Waals surface area contributed by atoms with E-state index in [9.17, 15) is 9.59 Å². The van der Waals surface area contributed by atoms with E-state index in [1.165, 1.54) is 7.11 Å². The zero-order valence-electron chi connectivity index (χ0n) is 14.8. The van der Waals surface area contributed by atoms with E-state index in [-0.39, 0.29) is 18.1 Å². The van der Waals surface area contributed by atoms with Crippen LogP contribution in [0.2, 0.25) is 5.02 Å². The zero-order chi connectivity index (χ0) is 18.8. The highest BCUT2D eigenvalue weighted by atomic mass is 35.5. The summed E-state index contributed by atoms with van der Waals surface area (Å²) in [5.74, 6) is -0.405. The number of ketones is 1. The monoisotopic (exact) mass is 370 g/mol. The molecule has 26 heavy (non-hydrogen) atoms. The number of aromatic nitrogens is 2. The van der Waals surface area contributed by atoms with Crippen LogP contribution in [0.25, 0.3) is 10.9 Å². The molecule has 0 aliphatic rings. The quantitative estimate of drug-likeness (QED) is 0.537. The Morgan fingerprint density at radius 3 is 2.69 bits per heavy atom. The molecule has 0 bridgehead atoms. The van der Waals surface area contributed by atoms with Crippen molar-refractivity contribution in [1.29, 1.82) is 0 Å². The summed E-state index contributed by atoms with van der Waals surface area (Å²) in [7, 11) is 1.32. The normalized spacial score (nSPS) is 11.1. The first-order valence-corrected chi connectivity index (χ1v) is 8.66. The Kier molecular flexibility index (Phi) is 5.09. The minimum atomic E-state index is -0.418. The predicted octanol–water partition coefficient (Wildman–Crippen LogP) is 4.29. The molecule has 0 aliphatic carbocycles. The third-order valence-electron chi connectivity index (χ3n) is 4.33. The van der Waals surface area contributed by atoms with Gasteiger partial charge in [0.15, 0.2) is 0 Å². The van der Waals surface area contributed by atoms with Crippen molar-refractivity contribution < 1.29 is 14.3 Å². The number of hydrogen-bond acceptors (Lipinski definition) is 4. The van der Waals surface area contributed by atoms with E-state index in [4.69, 9.17) is 16.3 Å². The number of nitrogens with zero attached hydrogens (tertiary/aromatic N) is 1. The van der Waals surface area contributed by atoms with Crippen LogP contribution in [-0.2, 0) is 16.0 Å². The van der Waals surface area contributed by atoms with Crippen LogP contribution in [0.1, 0.15) is 47.1 Å². The highest BCUT2D eigenvalue weighted by molar-refractivity contribution is 6.31. The second-order valence-electron chi connectivity index (χ2n) is 6.38. The highest BCUT2D eigenvalue weighted by Crippen LogP contribution is 2.28. The smallest absolute Gasteiger partial charge is 0.310 e. The number of methoxy groups -OCH3 is 1. The third-order valence-corrected chi connectivity index (χ3v) is 4.56. The lowest BCUT2D eigenvalue weighted by Gasteiger charge is -2.07. The standard InChI is InChI=1S/C20H19ClN2O3/c1-11(2)12-6-7-22-17(8-12)20(25)19-15(10-18(24)26-3)14-5-4-13(21)9-16(14)23-19/h4-9,11,23H,10H2,1-3H3. The summed E-state index contributed by atoms with van der Waals surface area (Å²) in [5.41, 5.74) is 2.98. The van der Waals surface area contributed by atoms with Crippen molar-refractivity contribution in [2.75, 3.05) is 7.11 Å². The molecule has 1 N–H and O–H groups in total. The van der Waals surface area contributed by atoms with Crippen molar-refractivity contribution in [3.05, 3.63) is 64.1 Å². The summed E-state index contributed by atoms with van der Waals surface area (Å²) < 4.78 is 4.78. The Labute approximate surface area is 156 Å². The summed E-state index contributed by atoms with van der Waals surface area (Å²) in [6.07, 6.45) is 1.62. The molecule has 0 radical (unpaired) electrons. The van der Waals surface area contributed by atoms with Crippen LogP contribution < -0.4 is 0 Å². The third kappa shape index (κ3) is 3.48. The Morgan fingerprint density at radius 1 is 1.23 bits per heavy atom. The van der Waals surface area contributed by atoms with Gasteiger partial charge in [-0.15, -0.1) is 0 Å². The molecule has 0 saturated carbocycles. The van der Waals surface area contributed by atoms with Gasteiger partial charge in [-0.25, -0.2) is 0 Å². The molecule has 2 aromatic heterocycles. The fourth-order valence-electron chi connectivity index (χ4n) is 2.88. The Balaban J connectivity index is 2.13. The van der Waals surface area contributed by atoms with Gasteiger partial charge in [0.1, 0.15) is 5.69 Å². The maximum absolute atomic E-state index is 13.1. The Morgan fingerprint density at radius 2 is 2.00 bits per heavy atom. The van der Waals surface area contributed by atoms with Crippen molar-refractivity contribution in [3.8, 4) is 0 Å². The van der Waals surface area contributed by atoms with Crippen LogP contribution in [-0.4, -0.2) is 28.8 Å². The van der Waals surface area contributed by atoms with E-state index in [2.05, 4.69) is 23.8 Å². The SMILES string of the molecule is COC(=O)Cc1c(C(=O)c2cc(C(C)C)ccn2)[nH]c2cc(Cl)ccc12. The van der Waals surface area contributed by atoms with E-state index in [1.807, 2.05) is 6.07 Å². The van der Waals surface area contributed by atoms with Crippen molar-refractivity contribution in [1.82, 2.24) is 9.97 Å². The molecule has 134 valence electrons. The van der Waals surface area contributed by atoms with Gasteiger partial charge in [0.2, 0.25) is 5.78 Å². The van der Waals surface area contributed by atoms with E-state index < -0.39 is 5.97 Å². The van der Waals surface area contributed by atoms with Gasteiger partial charge in [-0.3, -0.25) is 14.6 Å². The first-order valence-electron chi connectivity index (χ1n) is 8.28. The molecule has 6 heteroatoms. The number of ether oxygens (including phenoxy) is 1. The highest BCUT2D eigenvalue weighted by Gasteiger charge is 2.22. The molecule has 2 heterocycles. The minimum absolute atomic E-state index is 0.0108. The molecule has 1 aromatic carbocycles. The van der Waals surface area contributed by atoms with Crippen molar-refractivity contribution in [2.45, 2.75) is 26.2 Å². The van der Waals surface area contributed by atoms with Gasteiger partial charge in [0, 0.05) is 27.7 Å². The summed E-state index contributed by atoms with van der Waals surface area (Å²) in [5, 5.41) is 1.31. The van der Waals surface area contributed by atoms with Gasteiger partial charge in [-0.2, -0.15) is 0 Å². The molecule has 3 aromatic rings. The maximum Gasteiger partial charge on any atom is 0.310 e.